The molecule has 1 N–H and O–H groups in total. The van der Waals surface area contributed by atoms with Crippen LogP contribution in [0.1, 0.15) is 13.8 Å². The molecule has 82 valence electrons. The Morgan fingerprint density at radius 2 is 1.93 bits per heavy atom. The van der Waals surface area contributed by atoms with Crippen LogP contribution in [0.25, 0.3) is 0 Å². The molecule has 0 radical (unpaired) electrons. The summed E-state index contributed by atoms with van der Waals surface area (Å²) >= 11 is 0. The van der Waals surface area contributed by atoms with Gasteiger partial charge in [0.15, 0.2) is 0 Å². The van der Waals surface area contributed by atoms with Crippen molar-refractivity contribution in [2.45, 2.75) is 32.0 Å². The molecule has 1 heterocycles. The molecule has 0 bridgehead atoms. The van der Waals surface area contributed by atoms with Gasteiger partial charge < -0.3 is 5.32 Å². The Kier molecular flexibility index (Phi) is 3.50. The first-order chi connectivity index (χ1) is 6.49. The molecule has 4 nitrogen and oxygen atoms in total. The van der Waals surface area contributed by atoms with Crippen LogP contribution in [0.3, 0.4) is 0 Å². The van der Waals surface area contributed by atoms with Crippen LogP contribution < -0.4 is 5.32 Å². The van der Waals surface area contributed by atoms with E-state index in [-0.39, 0.29) is 18.0 Å². The topological polar surface area (TPSA) is 35.6 Å². The van der Waals surface area contributed by atoms with Gasteiger partial charge in [0.2, 0.25) is 5.91 Å². The highest BCUT2D eigenvalue weighted by Crippen LogP contribution is 2.18. The van der Waals surface area contributed by atoms with Gasteiger partial charge in [0, 0.05) is 25.7 Å². The lowest BCUT2D eigenvalue weighted by Gasteiger charge is -2.46. The van der Waals surface area contributed by atoms with Crippen molar-refractivity contribution in [1.82, 2.24) is 15.1 Å². The summed E-state index contributed by atoms with van der Waals surface area (Å²) in [6.07, 6.45) is 0. The molecule has 1 fully saturated rings. The average Bonchev–Trinajstić information content (AvgIpc) is 2.14. The number of nitrogens with one attached hydrogen (secondary N) is 1. The minimum absolute atomic E-state index is 0.0267. The molecule has 0 spiro atoms. The molecule has 0 aromatic heterocycles. The highest BCUT2D eigenvalue weighted by Gasteiger charge is 2.37. The third-order valence-electron chi connectivity index (χ3n) is 3.34. The van der Waals surface area contributed by atoms with Crippen LogP contribution in [0.5, 0.6) is 0 Å². The monoisotopic (exact) mass is 203 g/mol. The minimum atomic E-state index is -0.0267. The second-order valence-corrected chi connectivity index (χ2v) is 4.25. The molecule has 4 heteroatoms. The third-order valence-corrected chi connectivity index (χ3v) is 3.34. The average molecular weight is 203 g/mol. The number of likely N-dealkylation sites (N-methyl/N-ethyl adjacent to an activating group) is 3. The van der Waals surface area contributed by atoms with Crippen molar-refractivity contribution in [2.75, 3.05) is 27.7 Å². The molecule has 1 aliphatic heterocycles. The van der Waals surface area contributed by atoms with Gasteiger partial charge in [0.1, 0.15) is 6.04 Å². The van der Waals surface area contributed by atoms with E-state index in [0.717, 1.165) is 6.54 Å². The van der Waals surface area contributed by atoms with Gasteiger partial charge in [-0.1, -0.05) is 0 Å². The zero-order valence-electron chi connectivity index (χ0n) is 9.74. The highest BCUT2D eigenvalue weighted by atomic mass is 16.2. The second kappa shape index (κ2) is 4.28. The van der Waals surface area contributed by atoms with Crippen molar-refractivity contribution in [3.05, 3.63) is 0 Å². The first-order valence-electron chi connectivity index (χ1n) is 5.12. The molecule has 0 aromatic carbocycles. The summed E-state index contributed by atoms with van der Waals surface area (Å²) in [4.78, 5) is 16.1. The molecular formula is C10H21N3O. The second-order valence-electron chi connectivity index (χ2n) is 4.25. The molecule has 0 aliphatic carbocycles. The maximum absolute atomic E-state index is 11.7. The number of hydrogen-bond donors (Lipinski definition) is 1. The van der Waals surface area contributed by atoms with E-state index < -0.39 is 0 Å². The van der Waals surface area contributed by atoms with Gasteiger partial charge >= 0.3 is 0 Å². The number of hydrogen-bond acceptors (Lipinski definition) is 3. The third kappa shape index (κ3) is 1.91. The van der Waals surface area contributed by atoms with Gasteiger partial charge in [0.05, 0.1) is 0 Å². The maximum atomic E-state index is 11.7. The Morgan fingerprint density at radius 3 is 2.43 bits per heavy atom. The van der Waals surface area contributed by atoms with Gasteiger partial charge in [-0.05, 0) is 27.9 Å². The Labute approximate surface area is 86.2 Å². The number of carbonyl (C=O) groups is 1. The summed E-state index contributed by atoms with van der Waals surface area (Å²) in [6, 6.07) is 0.751. The van der Waals surface area contributed by atoms with Gasteiger partial charge in [-0.25, -0.2) is 0 Å². The summed E-state index contributed by atoms with van der Waals surface area (Å²) < 4.78 is 0. The molecule has 3 unspecified atom stereocenters. The van der Waals surface area contributed by atoms with Crippen LogP contribution >= 0.6 is 0 Å². The van der Waals surface area contributed by atoms with E-state index in [9.17, 15) is 4.79 Å². The van der Waals surface area contributed by atoms with Gasteiger partial charge in [-0.2, -0.15) is 0 Å². The lowest BCUT2D eigenvalue weighted by molar-refractivity contribution is -0.130. The summed E-state index contributed by atoms with van der Waals surface area (Å²) in [5.74, 6) is 0.110. The van der Waals surface area contributed by atoms with Crippen LogP contribution in [0.4, 0.5) is 0 Å². The number of amides is 1. The molecule has 1 amide bonds. The normalized spacial score (nSPS) is 35.6. The molecular weight excluding hydrogens is 182 g/mol. The first-order valence-corrected chi connectivity index (χ1v) is 5.12. The van der Waals surface area contributed by atoms with E-state index in [1.165, 1.54) is 0 Å². The van der Waals surface area contributed by atoms with Crippen molar-refractivity contribution in [3.63, 3.8) is 0 Å². The number of carbonyl (C=O) groups excluding carboxylic acids is 1. The predicted molar refractivity (Wildman–Crippen MR) is 57.2 cm³/mol. The van der Waals surface area contributed by atoms with E-state index >= 15 is 0 Å². The van der Waals surface area contributed by atoms with E-state index in [2.05, 4.69) is 36.0 Å². The SMILES string of the molecule is CC1CN([13CH3])C(C(=O)[15NH][13CH3])C(C)N1[13CH3]. The molecule has 1 saturated heterocycles. The Balaban J connectivity index is 2.78. The first kappa shape index (κ1) is 11.5. The molecule has 0 aromatic rings. The largest absolute Gasteiger partial charge is 0.358 e. The lowest BCUT2D eigenvalue weighted by atomic mass is 10.0. The van der Waals surface area contributed by atoms with Crippen molar-refractivity contribution in [1.29, 1.82) is 0 Å². The Morgan fingerprint density at radius 1 is 1.36 bits per heavy atom. The Hall–Kier alpha value is -0.610. The predicted octanol–water partition coefficient (Wildman–Crippen LogP) is -0.245. The fourth-order valence-electron chi connectivity index (χ4n) is 2.22. The molecule has 1 aliphatic rings. The standard InChI is InChI=1S/C10H21N3O/c1-7-6-12(4)9(10(14)11-3)8(2)13(7)5/h7-9H,6H2,1-5H3,(H,11,14)/i3+1,4+1,5+1,11+1. The fraction of sp³-hybridized carbons (Fsp3) is 0.900. The fourth-order valence-corrected chi connectivity index (χ4v) is 2.22. The van der Waals surface area contributed by atoms with E-state index in [1.807, 2.05) is 7.05 Å². The number of piperazine rings is 1. The van der Waals surface area contributed by atoms with Crippen LogP contribution in [-0.2, 0) is 4.79 Å². The van der Waals surface area contributed by atoms with Crippen molar-refractivity contribution < 1.29 is 4.79 Å². The quantitative estimate of drug-likeness (QED) is 0.472. The summed E-state index contributed by atoms with van der Waals surface area (Å²) in [6.45, 7) is 5.23. The zero-order chi connectivity index (χ0) is 10.9. The van der Waals surface area contributed by atoms with Crippen molar-refractivity contribution in [2.24, 2.45) is 0 Å². The van der Waals surface area contributed by atoms with Crippen LogP contribution in [0.15, 0.2) is 0 Å². The van der Waals surface area contributed by atoms with Gasteiger partial charge in [0.25, 0.3) is 0 Å². The van der Waals surface area contributed by atoms with Crippen LogP contribution in [0.2, 0.25) is 0 Å². The van der Waals surface area contributed by atoms with Crippen molar-refractivity contribution >= 4 is 5.91 Å². The van der Waals surface area contributed by atoms with Crippen LogP contribution in [-0.4, -0.2) is 61.5 Å². The van der Waals surface area contributed by atoms with Crippen LogP contribution in [0, 0.1) is 0 Å². The van der Waals surface area contributed by atoms with E-state index in [0.29, 0.717) is 6.04 Å². The maximum Gasteiger partial charge on any atom is 0.238 e. The molecule has 3 atom stereocenters. The smallest absolute Gasteiger partial charge is 0.238 e. The number of rotatable bonds is 1. The van der Waals surface area contributed by atoms with Gasteiger partial charge in [-0.15, -0.1) is 0 Å². The zero-order valence-corrected chi connectivity index (χ0v) is 9.74. The Bertz CT molecular complexity index is 219. The van der Waals surface area contributed by atoms with Gasteiger partial charge in [-0.3, -0.25) is 14.6 Å². The minimum Gasteiger partial charge on any atom is -0.358 e. The van der Waals surface area contributed by atoms with E-state index in [1.54, 1.807) is 7.05 Å². The summed E-state index contributed by atoms with van der Waals surface area (Å²) in [5, 5.41) is 2.72. The molecule has 1 rings (SSSR count). The molecule has 14 heavy (non-hydrogen) atoms. The molecule has 0 saturated carbocycles. The summed E-state index contributed by atoms with van der Waals surface area (Å²) in [7, 11) is 5.79. The number of nitrogens with zero attached hydrogens (tertiary/aromatic N) is 2. The van der Waals surface area contributed by atoms with Crippen molar-refractivity contribution in [3.8, 4) is 0 Å². The summed E-state index contributed by atoms with van der Waals surface area (Å²) in [5.41, 5.74) is 0. The highest BCUT2D eigenvalue weighted by molar-refractivity contribution is 5.82. The lowest BCUT2D eigenvalue weighted by Crippen LogP contribution is -2.63. The van der Waals surface area contributed by atoms with E-state index in [4.69, 9.17) is 0 Å².